The van der Waals surface area contributed by atoms with Crippen LogP contribution < -0.4 is 0 Å². The van der Waals surface area contributed by atoms with Crippen molar-refractivity contribution in [3.63, 3.8) is 0 Å². The zero-order valence-electron chi connectivity index (χ0n) is 7.94. The van der Waals surface area contributed by atoms with Crippen LogP contribution in [0.3, 0.4) is 0 Å². The number of rotatable bonds is 4. The quantitative estimate of drug-likeness (QED) is 0.658. The summed E-state index contributed by atoms with van der Waals surface area (Å²) in [5.74, 6) is -0.947. The molecule has 1 aliphatic heterocycles. The second kappa shape index (κ2) is 4.58. The Bertz CT molecular complexity index is 184. The lowest BCUT2D eigenvalue weighted by Crippen LogP contribution is -2.31. The zero-order valence-corrected chi connectivity index (χ0v) is 7.94. The molecule has 4 nitrogen and oxygen atoms in total. The van der Waals surface area contributed by atoms with E-state index in [0.29, 0.717) is 19.5 Å². The topological polar surface area (TPSA) is 60.8 Å². The van der Waals surface area contributed by atoms with E-state index in [1.54, 1.807) is 0 Å². The van der Waals surface area contributed by atoms with Crippen molar-refractivity contribution in [2.75, 3.05) is 19.6 Å². The number of β-amino-alcohol motifs (C(OH)–C–C–N with tert-alkyl or cyclic N) is 1. The Morgan fingerprint density at radius 1 is 1.69 bits per heavy atom. The highest BCUT2D eigenvalue weighted by Crippen LogP contribution is 2.16. The van der Waals surface area contributed by atoms with Gasteiger partial charge in [0.2, 0.25) is 0 Å². The zero-order chi connectivity index (χ0) is 9.84. The van der Waals surface area contributed by atoms with E-state index in [0.717, 1.165) is 13.0 Å². The van der Waals surface area contributed by atoms with Gasteiger partial charge in [-0.15, -0.1) is 0 Å². The number of likely N-dealkylation sites (tertiary alicyclic amines) is 1. The smallest absolute Gasteiger partial charge is 0.307 e. The Labute approximate surface area is 78.2 Å². The molecule has 0 amide bonds. The van der Waals surface area contributed by atoms with Crippen molar-refractivity contribution in [2.45, 2.75) is 25.9 Å². The van der Waals surface area contributed by atoms with Crippen LogP contribution in [0.4, 0.5) is 0 Å². The highest BCUT2D eigenvalue weighted by molar-refractivity contribution is 5.70. The molecular weight excluding hydrogens is 170 g/mol. The molecule has 76 valence electrons. The first-order valence-corrected chi connectivity index (χ1v) is 4.76. The fourth-order valence-electron chi connectivity index (χ4n) is 1.63. The van der Waals surface area contributed by atoms with Crippen molar-refractivity contribution in [1.82, 2.24) is 4.90 Å². The van der Waals surface area contributed by atoms with Crippen LogP contribution in [-0.2, 0) is 4.79 Å². The summed E-state index contributed by atoms with van der Waals surface area (Å²) in [6.07, 6.45) is 1.13. The number of nitrogens with zero attached hydrogens (tertiary/aromatic N) is 1. The summed E-state index contributed by atoms with van der Waals surface area (Å²) in [7, 11) is 0. The summed E-state index contributed by atoms with van der Waals surface area (Å²) >= 11 is 0. The Hall–Kier alpha value is -0.610. The molecule has 0 aromatic rings. The second-order valence-electron chi connectivity index (χ2n) is 3.65. The Morgan fingerprint density at radius 3 is 2.85 bits per heavy atom. The number of aliphatic carboxylic acids is 1. The van der Waals surface area contributed by atoms with Crippen LogP contribution in [0.2, 0.25) is 0 Å². The Kier molecular flexibility index (Phi) is 3.69. The standard InChI is InChI=1S/C9H17NO3/c1-2-8(11)6-10-4-3-7(5-10)9(12)13/h7-8,11H,2-6H2,1H3,(H,12,13). The van der Waals surface area contributed by atoms with Gasteiger partial charge in [0.15, 0.2) is 0 Å². The van der Waals surface area contributed by atoms with Gasteiger partial charge >= 0.3 is 5.97 Å². The molecule has 1 aliphatic rings. The molecule has 0 spiro atoms. The molecule has 0 saturated carbocycles. The van der Waals surface area contributed by atoms with Crippen LogP contribution in [0, 0.1) is 5.92 Å². The van der Waals surface area contributed by atoms with Gasteiger partial charge in [0.1, 0.15) is 0 Å². The van der Waals surface area contributed by atoms with E-state index in [1.165, 1.54) is 0 Å². The largest absolute Gasteiger partial charge is 0.481 e. The lowest BCUT2D eigenvalue weighted by Gasteiger charge is -2.18. The summed E-state index contributed by atoms with van der Waals surface area (Å²) in [5, 5.41) is 18.1. The van der Waals surface area contributed by atoms with Gasteiger partial charge in [-0.2, -0.15) is 0 Å². The SMILES string of the molecule is CCC(O)CN1CCC(C(=O)O)C1. The molecule has 0 radical (unpaired) electrons. The van der Waals surface area contributed by atoms with E-state index in [-0.39, 0.29) is 12.0 Å². The normalized spacial score (nSPS) is 26.2. The van der Waals surface area contributed by atoms with Gasteiger partial charge in [0.05, 0.1) is 12.0 Å². The summed E-state index contributed by atoms with van der Waals surface area (Å²) in [6, 6.07) is 0. The molecule has 0 aromatic carbocycles. The minimum atomic E-state index is -0.714. The van der Waals surface area contributed by atoms with Gasteiger partial charge < -0.3 is 10.2 Å². The molecule has 0 bridgehead atoms. The van der Waals surface area contributed by atoms with Gasteiger partial charge in [-0.3, -0.25) is 9.69 Å². The number of hydrogen-bond donors (Lipinski definition) is 2. The third kappa shape index (κ3) is 2.97. The van der Waals surface area contributed by atoms with Crippen LogP contribution in [0.5, 0.6) is 0 Å². The maximum absolute atomic E-state index is 10.6. The first-order chi connectivity index (χ1) is 6.13. The highest BCUT2D eigenvalue weighted by Gasteiger charge is 2.28. The van der Waals surface area contributed by atoms with Gasteiger partial charge in [-0.05, 0) is 19.4 Å². The predicted octanol–water partition coefficient (Wildman–Crippen LogP) is 0.164. The fourth-order valence-corrected chi connectivity index (χ4v) is 1.63. The molecule has 1 saturated heterocycles. The number of aliphatic hydroxyl groups is 1. The third-order valence-corrected chi connectivity index (χ3v) is 2.56. The van der Waals surface area contributed by atoms with Crippen molar-refractivity contribution in [2.24, 2.45) is 5.92 Å². The lowest BCUT2D eigenvalue weighted by atomic mass is 10.1. The fraction of sp³-hybridized carbons (Fsp3) is 0.889. The van der Waals surface area contributed by atoms with Crippen molar-refractivity contribution in [3.05, 3.63) is 0 Å². The number of carboxylic acid groups (broad SMARTS) is 1. The number of hydrogen-bond acceptors (Lipinski definition) is 3. The van der Waals surface area contributed by atoms with Crippen LogP contribution in [0.25, 0.3) is 0 Å². The van der Waals surface area contributed by atoms with Crippen LogP contribution in [0.15, 0.2) is 0 Å². The van der Waals surface area contributed by atoms with E-state index in [2.05, 4.69) is 0 Å². The maximum Gasteiger partial charge on any atom is 0.307 e. The molecule has 1 fully saturated rings. The Morgan fingerprint density at radius 2 is 2.38 bits per heavy atom. The molecular formula is C9H17NO3. The average molecular weight is 187 g/mol. The van der Waals surface area contributed by atoms with E-state index in [9.17, 15) is 9.90 Å². The lowest BCUT2D eigenvalue weighted by molar-refractivity contribution is -0.141. The second-order valence-corrected chi connectivity index (χ2v) is 3.65. The molecule has 4 heteroatoms. The van der Waals surface area contributed by atoms with Crippen LogP contribution in [-0.4, -0.2) is 46.8 Å². The van der Waals surface area contributed by atoms with Gasteiger partial charge in [0, 0.05) is 13.1 Å². The van der Waals surface area contributed by atoms with Crippen molar-refractivity contribution in [1.29, 1.82) is 0 Å². The summed E-state index contributed by atoms with van der Waals surface area (Å²) < 4.78 is 0. The highest BCUT2D eigenvalue weighted by atomic mass is 16.4. The summed E-state index contributed by atoms with van der Waals surface area (Å²) in [5.41, 5.74) is 0. The number of aliphatic hydroxyl groups excluding tert-OH is 1. The molecule has 2 N–H and O–H groups in total. The molecule has 2 unspecified atom stereocenters. The van der Waals surface area contributed by atoms with E-state index >= 15 is 0 Å². The van der Waals surface area contributed by atoms with Crippen molar-refractivity contribution >= 4 is 5.97 Å². The molecule has 0 aliphatic carbocycles. The van der Waals surface area contributed by atoms with E-state index in [4.69, 9.17) is 5.11 Å². The summed E-state index contributed by atoms with van der Waals surface area (Å²) in [4.78, 5) is 12.6. The minimum Gasteiger partial charge on any atom is -0.481 e. The third-order valence-electron chi connectivity index (χ3n) is 2.56. The molecule has 1 rings (SSSR count). The van der Waals surface area contributed by atoms with Crippen LogP contribution >= 0.6 is 0 Å². The minimum absolute atomic E-state index is 0.232. The molecule has 1 heterocycles. The Balaban J connectivity index is 2.29. The summed E-state index contributed by atoms with van der Waals surface area (Å²) in [6.45, 7) is 3.93. The van der Waals surface area contributed by atoms with E-state index in [1.807, 2.05) is 11.8 Å². The molecule has 13 heavy (non-hydrogen) atoms. The maximum atomic E-state index is 10.6. The van der Waals surface area contributed by atoms with Crippen molar-refractivity contribution < 1.29 is 15.0 Å². The number of carbonyl (C=O) groups is 1. The monoisotopic (exact) mass is 187 g/mol. The van der Waals surface area contributed by atoms with Crippen molar-refractivity contribution in [3.8, 4) is 0 Å². The van der Waals surface area contributed by atoms with E-state index < -0.39 is 5.97 Å². The first-order valence-electron chi connectivity index (χ1n) is 4.76. The van der Waals surface area contributed by atoms with Gasteiger partial charge in [0.25, 0.3) is 0 Å². The van der Waals surface area contributed by atoms with Gasteiger partial charge in [-0.25, -0.2) is 0 Å². The predicted molar refractivity (Wildman–Crippen MR) is 48.5 cm³/mol. The first kappa shape index (κ1) is 10.5. The molecule has 2 atom stereocenters. The van der Waals surface area contributed by atoms with Gasteiger partial charge in [-0.1, -0.05) is 6.92 Å². The van der Waals surface area contributed by atoms with Crippen LogP contribution in [0.1, 0.15) is 19.8 Å². The number of carboxylic acids is 1. The molecule has 0 aromatic heterocycles. The average Bonchev–Trinajstić information content (AvgIpc) is 2.52.